The maximum absolute atomic E-state index is 12.4. The zero-order valence-corrected chi connectivity index (χ0v) is 14.9. The smallest absolute Gasteiger partial charge is 0.274 e. The molecule has 1 heterocycles. The van der Waals surface area contributed by atoms with Gasteiger partial charge in [-0.3, -0.25) is 9.59 Å². The maximum atomic E-state index is 12.4. The molecule has 8 heteroatoms. The fourth-order valence-corrected chi connectivity index (χ4v) is 2.40. The highest BCUT2D eigenvalue weighted by Crippen LogP contribution is 2.18. The molecule has 8 nitrogen and oxygen atoms in total. The number of anilines is 4. The van der Waals surface area contributed by atoms with Gasteiger partial charge in [0.05, 0.1) is 11.6 Å². The average Bonchev–Trinajstić information content (AvgIpc) is 2.69. The average molecular weight is 372 g/mol. The summed E-state index contributed by atoms with van der Waals surface area (Å²) in [6.45, 7) is 1.44. The lowest BCUT2D eigenvalue weighted by atomic mass is 10.2. The predicted molar refractivity (Wildman–Crippen MR) is 105 cm³/mol. The zero-order valence-electron chi connectivity index (χ0n) is 14.9. The van der Waals surface area contributed by atoms with Gasteiger partial charge in [0.1, 0.15) is 17.8 Å². The van der Waals surface area contributed by atoms with Crippen LogP contribution in [-0.4, -0.2) is 21.8 Å². The molecule has 3 aromatic rings. The highest BCUT2D eigenvalue weighted by molar-refractivity contribution is 6.03. The minimum atomic E-state index is -0.415. The molecule has 0 aliphatic rings. The van der Waals surface area contributed by atoms with Crippen molar-refractivity contribution in [3.8, 4) is 6.07 Å². The van der Waals surface area contributed by atoms with Crippen molar-refractivity contribution >= 4 is 34.7 Å². The van der Waals surface area contributed by atoms with Gasteiger partial charge in [0.15, 0.2) is 0 Å². The summed E-state index contributed by atoms with van der Waals surface area (Å²) in [5.74, 6) is -0.118. The van der Waals surface area contributed by atoms with Gasteiger partial charge >= 0.3 is 0 Å². The number of carbonyl (C=O) groups excluding carboxylic acids is 2. The normalized spacial score (nSPS) is 9.86. The Hall–Kier alpha value is -4.25. The third kappa shape index (κ3) is 4.89. The lowest BCUT2D eigenvalue weighted by Gasteiger charge is -2.09. The number of nitrogens with one attached hydrogen (secondary N) is 3. The Morgan fingerprint density at radius 2 is 1.68 bits per heavy atom. The van der Waals surface area contributed by atoms with E-state index in [1.54, 1.807) is 48.5 Å². The Morgan fingerprint density at radius 3 is 2.39 bits per heavy atom. The standard InChI is InChI=1S/C20H16N6O2/c1-13(27)24-15-5-7-16(8-6-15)25-19-10-18(22-12-23-19)20(28)26-17-4-2-3-14(9-17)11-21/h2-10,12H,1H3,(H,24,27)(H,26,28)(H,22,23,25). The fourth-order valence-electron chi connectivity index (χ4n) is 2.40. The van der Waals surface area contributed by atoms with E-state index in [9.17, 15) is 9.59 Å². The molecule has 138 valence electrons. The van der Waals surface area contributed by atoms with Crippen molar-refractivity contribution in [1.82, 2.24) is 9.97 Å². The van der Waals surface area contributed by atoms with E-state index in [0.29, 0.717) is 22.8 Å². The van der Waals surface area contributed by atoms with Crippen molar-refractivity contribution in [2.24, 2.45) is 0 Å². The number of carbonyl (C=O) groups is 2. The van der Waals surface area contributed by atoms with Gasteiger partial charge in [-0.1, -0.05) is 6.07 Å². The number of hydrogen-bond donors (Lipinski definition) is 3. The van der Waals surface area contributed by atoms with Gasteiger partial charge in [0.2, 0.25) is 5.91 Å². The van der Waals surface area contributed by atoms with Gasteiger partial charge in [-0.25, -0.2) is 9.97 Å². The van der Waals surface area contributed by atoms with Crippen LogP contribution >= 0.6 is 0 Å². The van der Waals surface area contributed by atoms with Gasteiger partial charge in [0.25, 0.3) is 5.91 Å². The van der Waals surface area contributed by atoms with Crippen molar-refractivity contribution in [1.29, 1.82) is 5.26 Å². The Bertz CT molecular complexity index is 1060. The predicted octanol–water partition coefficient (Wildman–Crippen LogP) is 3.30. The molecule has 0 aliphatic carbocycles. The van der Waals surface area contributed by atoms with Crippen LogP contribution in [0.1, 0.15) is 23.0 Å². The molecule has 0 spiro atoms. The Balaban J connectivity index is 1.70. The van der Waals surface area contributed by atoms with E-state index in [0.717, 1.165) is 5.69 Å². The summed E-state index contributed by atoms with van der Waals surface area (Å²) in [6, 6.07) is 17.2. The van der Waals surface area contributed by atoms with Gasteiger partial charge in [0, 0.05) is 30.1 Å². The Kier molecular flexibility index (Phi) is 5.58. The summed E-state index contributed by atoms with van der Waals surface area (Å²) in [4.78, 5) is 31.6. The molecule has 3 N–H and O–H groups in total. The van der Waals surface area contributed by atoms with Crippen LogP contribution in [0.3, 0.4) is 0 Å². The molecule has 0 saturated carbocycles. The monoisotopic (exact) mass is 372 g/mol. The summed E-state index contributed by atoms with van der Waals surface area (Å²) in [7, 11) is 0. The van der Waals surface area contributed by atoms with Crippen LogP contribution < -0.4 is 16.0 Å². The topological polar surface area (TPSA) is 120 Å². The van der Waals surface area contributed by atoms with E-state index >= 15 is 0 Å². The number of aromatic nitrogens is 2. The highest BCUT2D eigenvalue weighted by Gasteiger charge is 2.10. The zero-order chi connectivity index (χ0) is 19.9. The van der Waals surface area contributed by atoms with Gasteiger partial charge in [-0.2, -0.15) is 5.26 Å². The van der Waals surface area contributed by atoms with Crippen LogP contribution in [0.25, 0.3) is 0 Å². The highest BCUT2D eigenvalue weighted by atomic mass is 16.2. The van der Waals surface area contributed by atoms with E-state index in [1.807, 2.05) is 6.07 Å². The number of hydrogen-bond acceptors (Lipinski definition) is 6. The van der Waals surface area contributed by atoms with Crippen molar-refractivity contribution in [3.05, 3.63) is 72.2 Å². The third-order valence-electron chi connectivity index (χ3n) is 3.63. The second kappa shape index (κ2) is 8.42. The summed E-state index contributed by atoms with van der Waals surface area (Å²) < 4.78 is 0. The van der Waals surface area contributed by atoms with Crippen LogP contribution in [0.2, 0.25) is 0 Å². The number of nitriles is 1. The minimum absolute atomic E-state index is 0.146. The van der Waals surface area contributed by atoms with Crippen LogP contribution in [-0.2, 0) is 4.79 Å². The number of benzene rings is 2. The minimum Gasteiger partial charge on any atom is -0.340 e. The Labute approximate surface area is 161 Å². The molecule has 2 aromatic carbocycles. The number of nitrogens with zero attached hydrogens (tertiary/aromatic N) is 3. The summed E-state index contributed by atoms with van der Waals surface area (Å²) in [5, 5.41) is 17.4. The van der Waals surface area contributed by atoms with E-state index in [-0.39, 0.29) is 11.6 Å². The third-order valence-corrected chi connectivity index (χ3v) is 3.63. The number of rotatable bonds is 5. The molecule has 1 aromatic heterocycles. The van der Waals surface area contributed by atoms with Gasteiger partial charge < -0.3 is 16.0 Å². The van der Waals surface area contributed by atoms with Crippen molar-refractivity contribution in [2.75, 3.05) is 16.0 Å². The van der Waals surface area contributed by atoms with Crippen LogP contribution in [0.5, 0.6) is 0 Å². The first-order valence-corrected chi connectivity index (χ1v) is 8.32. The summed E-state index contributed by atoms with van der Waals surface area (Å²) in [5.41, 5.74) is 2.55. The molecule has 28 heavy (non-hydrogen) atoms. The molecular weight excluding hydrogens is 356 g/mol. The molecule has 0 aliphatic heterocycles. The van der Waals surface area contributed by atoms with E-state index in [2.05, 4.69) is 25.9 Å². The van der Waals surface area contributed by atoms with E-state index in [4.69, 9.17) is 5.26 Å². The molecule has 0 saturated heterocycles. The molecule has 3 rings (SSSR count). The summed E-state index contributed by atoms with van der Waals surface area (Å²) in [6.07, 6.45) is 1.29. The molecule has 0 fully saturated rings. The van der Waals surface area contributed by atoms with E-state index < -0.39 is 5.91 Å². The molecular formula is C20H16N6O2. The largest absolute Gasteiger partial charge is 0.340 e. The van der Waals surface area contributed by atoms with Crippen LogP contribution in [0.15, 0.2) is 60.9 Å². The SMILES string of the molecule is CC(=O)Nc1ccc(Nc2cc(C(=O)Nc3cccc(C#N)c3)ncn2)cc1. The first-order chi connectivity index (χ1) is 13.5. The Morgan fingerprint density at radius 1 is 0.929 bits per heavy atom. The van der Waals surface area contributed by atoms with Crippen molar-refractivity contribution in [2.45, 2.75) is 6.92 Å². The van der Waals surface area contributed by atoms with Crippen LogP contribution in [0, 0.1) is 11.3 Å². The van der Waals surface area contributed by atoms with Gasteiger partial charge in [-0.05, 0) is 42.5 Å². The van der Waals surface area contributed by atoms with Crippen molar-refractivity contribution < 1.29 is 9.59 Å². The van der Waals surface area contributed by atoms with Gasteiger partial charge in [-0.15, -0.1) is 0 Å². The molecule has 2 amide bonds. The fraction of sp³-hybridized carbons (Fsp3) is 0.0500. The van der Waals surface area contributed by atoms with Crippen molar-refractivity contribution in [3.63, 3.8) is 0 Å². The molecule has 0 radical (unpaired) electrons. The maximum Gasteiger partial charge on any atom is 0.274 e. The molecule has 0 unspecified atom stereocenters. The lowest BCUT2D eigenvalue weighted by Crippen LogP contribution is -2.14. The quantitative estimate of drug-likeness (QED) is 0.632. The first-order valence-electron chi connectivity index (χ1n) is 8.32. The lowest BCUT2D eigenvalue weighted by molar-refractivity contribution is -0.114. The van der Waals surface area contributed by atoms with Crippen LogP contribution in [0.4, 0.5) is 22.9 Å². The summed E-state index contributed by atoms with van der Waals surface area (Å²) >= 11 is 0. The second-order valence-electron chi connectivity index (χ2n) is 5.82. The van der Waals surface area contributed by atoms with E-state index in [1.165, 1.54) is 19.3 Å². The molecule has 0 atom stereocenters. The second-order valence-corrected chi connectivity index (χ2v) is 5.82. The number of amides is 2. The first kappa shape index (κ1) is 18.5. The molecule has 0 bridgehead atoms.